The fraction of sp³-hybridized carbons (Fsp3) is 0.526. The van der Waals surface area contributed by atoms with Crippen molar-refractivity contribution in [3.05, 3.63) is 34.5 Å². The highest BCUT2D eigenvalue weighted by Gasteiger charge is 2.25. The van der Waals surface area contributed by atoms with Crippen molar-refractivity contribution >= 4 is 16.9 Å². The monoisotopic (exact) mass is 317 g/mol. The summed E-state index contributed by atoms with van der Waals surface area (Å²) in [5, 5.41) is 20.1. The second kappa shape index (κ2) is 6.00. The van der Waals surface area contributed by atoms with Crippen molar-refractivity contribution in [2.24, 2.45) is 0 Å². The maximum atomic E-state index is 11.9. The first kappa shape index (κ1) is 17.5. The minimum absolute atomic E-state index is 0.0117. The summed E-state index contributed by atoms with van der Waals surface area (Å²) in [6.45, 7) is 12.9. The summed E-state index contributed by atoms with van der Waals surface area (Å²) < 4.78 is 1.94. The molecule has 0 radical (unpaired) electrons. The van der Waals surface area contributed by atoms with Gasteiger partial charge in [0, 0.05) is 17.6 Å². The maximum Gasteiger partial charge on any atom is 0.337 e. The lowest BCUT2D eigenvalue weighted by Gasteiger charge is -2.20. The number of aromatic nitrogens is 1. The van der Waals surface area contributed by atoms with Gasteiger partial charge in [-0.1, -0.05) is 34.6 Å². The molecule has 0 atom stereocenters. The molecule has 1 heterocycles. The standard InChI is InChI=1S/C19H27NO3/c1-11(2)16-12(3)20(7-8-21)17-14(16)9-13(19(4,5)6)10-15(17)18(22)23/h9-11,21H,7-8H2,1-6H3,(H,22,23). The van der Waals surface area contributed by atoms with Gasteiger partial charge in [0.25, 0.3) is 0 Å². The van der Waals surface area contributed by atoms with Gasteiger partial charge in [-0.05, 0) is 41.5 Å². The van der Waals surface area contributed by atoms with E-state index in [4.69, 9.17) is 0 Å². The van der Waals surface area contributed by atoms with Crippen LogP contribution in [0.2, 0.25) is 0 Å². The molecule has 2 aromatic rings. The van der Waals surface area contributed by atoms with Crippen LogP contribution in [0.5, 0.6) is 0 Å². The Kier molecular flexibility index (Phi) is 4.58. The van der Waals surface area contributed by atoms with Crippen molar-refractivity contribution < 1.29 is 15.0 Å². The number of aliphatic hydroxyl groups excluding tert-OH is 1. The van der Waals surface area contributed by atoms with Gasteiger partial charge < -0.3 is 14.8 Å². The molecule has 126 valence electrons. The van der Waals surface area contributed by atoms with Crippen LogP contribution in [0.25, 0.3) is 10.9 Å². The van der Waals surface area contributed by atoms with Crippen LogP contribution >= 0.6 is 0 Å². The summed E-state index contributed by atoms with van der Waals surface area (Å²) in [5.74, 6) is -0.637. The number of carboxylic acid groups (broad SMARTS) is 1. The number of benzene rings is 1. The highest BCUT2D eigenvalue weighted by Crippen LogP contribution is 2.37. The second-order valence-electron chi connectivity index (χ2n) is 7.50. The van der Waals surface area contributed by atoms with E-state index in [1.54, 1.807) is 6.07 Å². The first-order valence-corrected chi connectivity index (χ1v) is 8.11. The van der Waals surface area contributed by atoms with Crippen LogP contribution < -0.4 is 0 Å². The maximum absolute atomic E-state index is 11.9. The third-order valence-corrected chi connectivity index (χ3v) is 4.46. The molecular weight excluding hydrogens is 290 g/mol. The Labute approximate surface area is 137 Å². The molecule has 1 aromatic heterocycles. The molecule has 23 heavy (non-hydrogen) atoms. The van der Waals surface area contributed by atoms with Gasteiger partial charge in [0.05, 0.1) is 17.7 Å². The van der Waals surface area contributed by atoms with Crippen molar-refractivity contribution in [3.63, 3.8) is 0 Å². The number of aromatic carboxylic acids is 1. The van der Waals surface area contributed by atoms with Crippen molar-refractivity contribution in [1.29, 1.82) is 0 Å². The summed E-state index contributed by atoms with van der Waals surface area (Å²) in [6.07, 6.45) is 0. The fourth-order valence-corrected chi connectivity index (χ4v) is 3.34. The lowest BCUT2D eigenvalue weighted by Crippen LogP contribution is -2.14. The molecule has 1 aromatic carbocycles. The average molecular weight is 317 g/mol. The molecule has 0 spiro atoms. The van der Waals surface area contributed by atoms with Crippen LogP contribution in [-0.4, -0.2) is 27.4 Å². The molecule has 0 saturated carbocycles. The Bertz CT molecular complexity index is 748. The number of fused-ring (bicyclic) bond motifs is 1. The van der Waals surface area contributed by atoms with E-state index in [-0.39, 0.29) is 17.9 Å². The van der Waals surface area contributed by atoms with Gasteiger partial charge in [-0.15, -0.1) is 0 Å². The molecule has 0 aliphatic rings. The van der Waals surface area contributed by atoms with Gasteiger partial charge in [0.1, 0.15) is 0 Å². The normalized spacial score (nSPS) is 12.3. The number of carbonyl (C=O) groups is 1. The number of hydrogen-bond donors (Lipinski definition) is 2. The van der Waals surface area contributed by atoms with E-state index in [9.17, 15) is 15.0 Å². The Hall–Kier alpha value is -1.81. The molecule has 0 bridgehead atoms. The zero-order chi connectivity index (χ0) is 17.5. The highest BCUT2D eigenvalue weighted by molar-refractivity contribution is 6.04. The third-order valence-electron chi connectivity index (χ3n) is 4.46. The topological polar surface area (TPSA) is 62.5 Å². The number of carboxylic acids is 1. The summed E-state index contributed by atoms with van der Waals surface area (Å²) in [5.41, 5.74) is 4.14. The van der Waals surface area contributed by atoms with E-state index < -0.39 is 5.97 Å². The summed E-state index contributed by atoms with van der Waals surface area (Å²) in [7, 11) is 0. The van der Waals surface area contributed by atoms with Gasteiger partial charge in [0.2, 0.25) is 0 Å². The molecular formula is C19H27NO3. The van der Waals surface area contributed by atoms with Gasteiger partial charge >= 0.3 is 5.97 Å². The average Bonchev–Trinajstić information content (AvgIpc) is 2.69. The first-order valence-electron chi connectivity index (χ1n) is 8.11. The van der Waals surface area contributed by atoms with Crippen LogP contribution in [0.3, 0.4) is 0 Å². The van der Waals surface area contributed by atoms with Gasteiger partial charge in [0.15, 0.2) is 0 Å². The number of aliphatic hydroxyl groups is 1. The van der Waals surface area contributed by atoms with Crippen molar-refractivity contribution in [2.45, 2.75) is 59.4 Å². The SMILES string of the molecule is Cc1c(C(C)C)c2cc(C(C)(C)C)cc(C(=O)O)c2n1CCO. The summed E-state index contributed by atoms with van der Waals surface area (Å²) >= 11 is 0. The third kappa shape index (κ3) is 3.00. The second-order valence-corrected chi connectivity index (χ2v) is 7.50. The lowest BCUT2D eigenvalue weighted by atomic mass is 9.84. The van der Waals surface area contributed by atoms with Gasteiger partial charge in [-0.2, -0.15) is 0 Å². The number of rotatable bonds is 4. The van der Waals surface area contributed by atoms with E-state index in [0.29, 0.717) is 12.1 Å². The predicted octanol–water partition coefficient (Wildman–Crippen LogP) is 4.06. The largest absolute Gasteiger partial charge is 0.478 e. The van der Waals surface area contributed by atoms with Gasteiger partial charge in [-0.3, -0.25) is 0 Å². The van der Waals surface area contributed by atoms with Crippen molar-refractivity contribution in [2.75, 3.05) is 6.61 Å². The molecule has 4 heteroatoms. The molecule has 0 saturated heterocycles. The molecule has 4 nitrogen and oxygen atoms in total. The van der Waals surface area contributed by atoms with Gasteiger partial charge in [-0.25, -0.2) is 4.79 Å². The van der Waals surface area contributed by atoms with Crippen molar-refractivity contribution in [1.82, 2.24) is 4.57 Å². The molecule has 0 aliphatic heterocycles. The lowest BCUT2D eigenvalue weighted by molar-refractivity contribution is 0.0698. The molecule has 0 fully saturated rings. The molecule has 0 aliphatic carbocycles. The van der Waals surface area contributed by atoms with Crippen LogP contribution in [0, 0.1) is 6.92 Å². The molecule has 0 unspecified atom stereocenters. The van der Waals surface area contributed by atoms with Crippen LogP contribution in [-0.2, 0) is 12.0 Å². The Morgan fingerprint density at radius 1 is 1.26 bits per heavy atom. The first-order chi connectivity index (χ1) is 10.6. The summed E-state index contributed by atoms with van der Waals surface area (Å²) in [6, 6.07) is 3.90. The highest BCUT2D eigenvalue weighted by atomic mass is 16.4. The summed E-state index contributed by atoms with van der Waals surface area (Å²) in [4.78, 5) is 11.9. The van der Waals surface area contributed by atoms with E-state index in [2.05, 4.69) is 40.7 Å². The molecule has 2 N–H and O–H groups in total. The Morgan fingerprint density at radius 2 is 1.87 bits per heavy atom. The van der Waals surface area contributed by atoms with Crippen LogP contribution in [0.4, 0.5) is 0 Å². The molecule has 2 rings (SSSR count). The minimum Gasteiger partial charge on any atom is -0.478 e. The van der Waals surface area contributed by atoms with E-state index in [0.717, 1.165) is 22.2 Å². The minimum atomic E-state index is -0.923. The zero-order valence-corrected chi connectivity index (χ0v) is 14.9. The number of hydrogen-bond acceptors (Lipinski definition) is 2. The number of nitrogens with zero attached hydrogens (tertiary/aromatic N) is 1. The fourth-order valence-electron chi connectivity index (χ4n) is 3.34. The van der Waals surface area contributed by atoms with E-state index >= 15 is 0 Å². The Balaban J connectivity index is 3.00. The smallest absolute Gasteiger partial charge is 0.337 e. The van der Waals surface area contributed by atoms with Crippen molar-refractivity contribution in [3.8, 4) is 0 Å². The van der Waals surface area contributed by atoms with E-state index in [1.807, 2.05) is 11.5 Å². The van der Waals surface area contributed by atoms with E-state index in [1.165, 1.54) is 5.56 Å². The zero-order valence-electron chi connectivity index (χ0n) is 14.9. The predicted molar refractivity (Wildman–Crippen MR) is 93.5 cm³/mol. The van der Waals surface area contributed by atoms with Crippen LogP contribution in [0.1, 0.15) is 67.7 Å². The molecule has 0 amide bonds. The quantitative estimate of drug-likeness (QED) is 0.894. The Morgan fingerprint density at radius 3 is 2.30 bits per heavy atom. The van der Waals surface area contributed by atoms with Crippen LogP contribution in [0.15, 0.2) is 12.1 Å².